The van der Waals surface area contributed by atoms with Crippen LogP contribution in [0.25, 0.3) is 0 Å². The molecule has 1 unspecified atom stereocenters. The molecule has 30 heavy (non-hydrogen) atoms. The average molecular weight is 411 g/mol. The Bertz CT molecular complexity index is 906. The largest absolute Gasteiger partial charge is 0.490 e. The standard InChI is InChI=1S/C24H30N2O4/c1-16-4-5-17(2)22(14-16)30-20-8-10-26(11-9-20)24(27)25-18(3)19-6-7-21-23(15-19)29-13-12-28-21/h4-7,14-15,18,20H,8-13H2,1-3H3,(H,25,27). The van der Waals surface area contributed by atoms with E-state index in [1.165, 1.54) is 5.56 Å². The van der Waals surface area contributed by atoms with Gasteiger partial charge in [0.15, 0.2) is 11.5 Å². The lowest BCUT2D eigenvalue weighted by molar-refractivity contribution is 0.109. The van der Waals surface area contributed by atoms with E-state index < -0.39 is 0 Å². The van der Waals surface area contributed by atoms with Crippen LogP contribution >= 0.6 is 0 Å². The SMILES string of the molecule is Cc1ccc(C)c(OC2CCN(C(=O)NC(C)c3ccc4c(c3)OCCO4)CC2)c1. The van der Waals surface area contributed by atoms with Gasteiger partial charge in [0, 0.05) is 25.9 Å². The minimum Gasteiger partial charge on any atom is -0.490 e. The molecule has 6 heteroatoms. The number of carbonyl (C=O) groups excluding carboxylic acids is 1. The number of urea groups is 1. The lowest BCUT2D eigenvalue weighted by atomic mass is 10.1. The van der Waals surface area contributed by atoms with Crippen LogP contribution < -0.4 is 19.5 Å². The van der Waals surface area contributed by atoms with Crippen LogP contribution in [0.3, 0.4) is 0 Å². The van der Waals surface area contributed by atoms with Gasteiger partial charge in [0.2, 0.25) is 0 Å². The second-order valence-electron chi connectivity index (χ2n) is 8.15. The Morgan fingerprint density at radius 3 is 2.57 bits per heavy atom. The highest BCUT2D eigenvalue weighted by atomic mass is 16.6. The van der Waals surface area contributed by atoms with E-state index in [4.69, 9.17) is 14.2 Å². The lowest BCUT2D eigenvalue weighted by Gasteiger charge is -2.33. The monoisotopic (exact) mass is 410 g/mol. The quantitative estimate of drug-likeness (QED) is 0.812. The molecule has 1 saturated heterocycles. The number of hydrogen-bond acceptors (Lipinski definition) is 4. The zero-order valence-corrected chi connectivity index (χ0v) is 17.9. The number of benzene rings is 2. The molecular formula is C24H30N2O4. The van der Waals surface area contributed by atoms with Gasteiger partial charge in [-0.2, -0.15) is 0 Å². The first-order valence-corrected chi connectivity index (χ1v) is 10.7. The molecule has 1 atom stereocenters. The summed E-state index contributed by atoms with van der Waals surface area (Å²) in [7, 11) is 0. The predicted molar refractivity (Wildman–Crippen MR) is 116 cm³/mol. The van der Waals surface area contributed by atoms with Crippen LogP contribution in [0.2, 0.25) is 0 Å². The summed E-state index contributed by atoms with van der Waals surface area (Å²) >= 11 is 0. The van der Waals surface area contributed by atoms with Crippen molar-refractivity contribution in [2.75, 3.05) is 26.3 Å². The first-order chi connectivity index (χ1) is 14.5. The van der Waals surface area contributed by atoms with Crippen molar-refractivity contribution >= 4 is 6.03 Å². The van der Waals surface area contributed by atoms with Gasteiger partial charge in [-0.05, 0) is 55.7 Å². The third kappa shape index (κ3) is 4.64. The van der Waals surface area contributed by atoms with Crippen LogP contribution in [0.1, 0.15) is 42.5 Å². The predicted octanol–water partition coefficient (Wildman–Crippen LogP) is 4.39. The van der Waals surface area contributed by atoms with Crippen molar-refractivity contribution in [3.05, 3.63) is 53.1 Å². The van der Waals surface area contributed by atoms with E-state index >= 15 is 0 Å². The Hall–Kier alpha value is -2.89. The smallest absolute Gasteiger partial charge is 0.317 e. The fourth-order valence-electron chi connectivity index (χ4n) is 3.88. The van der Waals surface area contributed by atoms with E-state index in [9.17, 15) is 4.79 Å². The van der Waals surface area contributed by atoms with Crippen LogP contribution in [-0.2, 0) is 0 Å². The first kappa shape index (κ1) is 20.4. The van der Waals surface area contributed by atoms with Crippen molar-refractivity contribution in [3.63, 3.8) is 0 Å². The normalized spacial score (nSPS) is 17.4. The third-order valence-corrected chi connectivity index (χ3v) is 5.77. The maximum atomic E-state index is 12.8. The van der Waals surface area contributed by atoms with Crippen LogP contribution in [0.5, 0.6) is 17.2 Å². The zero-order chi connectivity index (χ0) is 21.1. The highest BCUT2D eigenvalue weighted by Crippen LogP contribution is 2.32. The van der Waals surface area contributed by atoms with Crippen molar-refractivity contribution in [2.45, 2.75) is 45.8 Å². The molecule has 2 heterocycles. The summed E-state index contributed by atoms with van der Waals surface area (Å²) in [5.74, 6) is 2.45. The minimum atomic E-state index is -0.114. The molecule has 0 aromatic heterocycles. The summed E-state index contributed by atoms with van der Waals surface area (Å²) in [5.41, 5.74) is 3.34. The molecule has 0 aliphatic carbocycles. The van der Waals surface area contributed by atoms with Crippen LogP contribution in [0, 0.1) is 13.8 Å². The number of likely N-dealkylation sites (tertiary alicyclic amines) is 1. The van der Waals surface area contributed by atoms with Gasteiger partial charge in [-0.25, -0.2) is 4.79 Å². The number of nitrogens with zero attached hydrogens (tertiary/aromatic N) is 1. The van der Waals surface area contributed by atoms with Crippen LogP contribution in [0.4, 0.5) is 4.79 Å². The number of piperidine rings is 1. The molecule has 0 bridgehead atoms. The summed E-state index contributed by atoms with van der Waals surface area (Å²) in [4.78, 5) is 14.6. The van der Waals surface area contributed by atoms with Crippen LogP contribution in [0.15, 0.2) is 36.4 Å². The second-order valence-corrected chi connectivity index (χ2v) is 8.15. The van der Waals surface area contributed by atoms with Gasteiger partial charge in [-0.3, -0.25) is 0 Å². The van der Waals surface area contributed by atoms with Gasteiger partial charge >= 0.3 is 6.03 Å². The highest BCUT2D eigenvalue weighted by Gasteiger charge is 2.25. The second kappa shape index (κ2) is 8.86. The summed E-state index contributed by atoms with van der Waals surface area (Å²) in [6.07, 6.45) is 1.81. The Labute approximate surface area is 178 Å². The topological polar surface area (TPSA) is 60.0 Å². The molecule has 2 aromatic rings. The number of rotatable bonds is 4. The van der Waals surface area contributed by atoms with Crippen molar-refractivity contribution in [2.24, 2.45) is 0 Å². The molecular weight excluding hydrogens is 380 g/mol. The van der Waals surface area contributed by atoms with Gasteiger partial charge in [-0.15, -0.1) is 0 Å². The number of amides is 2. The number of hydrogen-bond donors (Lipinski definition) is 1. The van der Waals surface area contributed by atoms with Crippen molar-refractivity contribution in [1.29, 1.82) is 0 Å². The Morgan fingerprint density at radius 2 is 1.80 bits per heavy atom. The van der Waals surface area contributed by atoms with E-state index in [0.29, 0.717) is 26.3 Å². The summed E-state index contributed by atoms with van der Waals surface area (Å²) < 4.78 is 17.4. The first-order valence-electron chi connectivity index (χ1n) is 10.7. The molecule has 2 aromatic carbocycles. The number of nitrogens with one attached hydrogen (secondary N) is 1. The molecule has 6 nitrogen and oxygen atoms in total. The fourth-order valence-corrected chi connectivity index (χ4v) is 3.88. The van der Waals surface area contributed by atoms with E-state index in [-0.39, 0.29) is 18.2 Å². The van der Waals surface area contributed by atoms with Gasteiger partial charge in [-0.1, -0.05) is 18.2 Å². The van der Waals surface area contributed by atoms with Gasteiger partial charge in [0.05, 0.1) is 6.04 Å². The third-order valence-electron chi connectivity index (χ3n) is 5.77. The summed E-state index contributed by atoms with van der Waals surface area (Å²) in [6.45, 7) is 8.63. The molecule has 2 aliphatic heterocycles. The number of ether oxygens (including phenoxy) is 3. The number of fused-ring (bicyclic) bond motifs is 1. The van der Waals surface area contributed by atoms with Crippen LogP contribution in [-0.4, -0.2) is 43.3 Å². The Balaban J connectivity index is 1.29. The van der Waals surface area contributed by atoms with Crippen molar-refractivity contribution in [1.82, 2.24) is 10.2 Å². The molecule has 0 radical (unpaired) electrons. The summed E-state index contributed by atoms with van der Waals surface area (Å²) in [5, 5.41) is 3.10. The van der Waals surface area contributed by atoms with E-state index in [1.54, 1.807) is 0 Å². The molecule has 0 saturated carbocycles. The zero-order valence-electron chi connectivity index (χ0n) is 17.9. The molecule has 1 N–H and O–H groups in total. The average Bonchev–Trinajstić information content (AvgIpc) is 2.76. The maximum Gasteiger partial charge on any atom is 0.317 e. The lowest BCUT2D eigenvalue weighted by Crippen LogP contribution is -2.47. The highest BCUT2D eigenvalue weighted by molar-refractivity contribution is 5.74. The molecule has 0 spiro atoms. The van der Waals surface area contributed by atoms with Crippen molar-refractivity contribution in [3.8, 4) is 17.2 Å². The summed E-state index contributed by atoms with van der Waals surface area (Å²) in [6, 6.07) is 11.9. The van der Waals surface area contributed by atoms with E-state index in [0.717, 1.165) is 41.2 Å². The Kier molecular flexibility index (Phi) is 6.02. The minimum absolute atomic E-state index is 0.0393. The van der Waals surface area contributed by atoms with Gasteiger partial charge in [0.25, 0.3) is 0 Å². The van der Waals surface area contributed by atoms with E-state index in [1.807, 2.05) is 30.0 Å². The van der Waals surface area contributed by atoms with Crippen molar-refractivity contribution < 1.29 is 19.0 Å². The maximum absolute atomic E-state index is 12.8. The molecule has 2 amide bonds. The van der Waals surface area contributed by atoms with Gasteiger partial charge < -0.3 is 24.4 Å². The molecule has 160 valence electrons. The molecule has 4 rings (SSSR count). The Morgan fingerprint density at radius 1 is 1.07 bits per heavy atom. The molecule has 1 fully saturated rings. The fraction of sp³-hybridized carbons (Fsp3) is 0.458. The molecule has 2 aliphatic rings. The van der Waals surface area contributed by atoms with Gasteiger partial charge in [0.1, 0.15) is 25.1 Å². The number of carbonyl (C=O) groups is 1. The van der Waals surface area contributed by atoms with E-state index in [2.05, 4.69) is 37.4 Å². The number of aryl methyl sites for hydroxylation is 2.